The SMILES string of the molecule is Cc1ccc(C(C)(C)C)c(C)c1.Cc1ccc(C(C)(C)C)cc1.Cc1ccc(C(C)(C)C)cc1C.Cc1ccc(C)c(C(C)(C)C)c1.Cc1cccc(C(C)(C)C)c1.Cc1ccccc1C(C)(C)C. The second-order valence-electron chi connectivity index (χ2n) is 26.0. The van der Waals surface area contributed by atoms with Crippen LogP contribution in [0.3, 0.4) is 0 Å². The molecule has 0 aromatic heterocycles. The maximum absolute atomic E-state index is 2.29. The van der Waals surface area contributed by atoms with Gasteiger partial charge in [-0.2, -0.15) is 0 Å². The van der Waals surface area contributed by atoms with Crippen molar-refractivity contribution in [1.29, 1.82) is 0 Å². The van der Waals surface area contributed by atoms with Crippen molar-refractivity contribution in [2.45, 2.75) is 219 Å². The smallest absolute Gasteiger partial charge is 0.0129 e. The minimum absolute atomic E-state index is 0.274. The summed E-state index contributed by atoms with van der Waals surface area (Å²) in [5, 5.41) is 0. The Labute approximate surface area is 428 Å². The average Bonchev–Trinajstić information content (AvgIpc) is 3.19. The second kappa shape index (κ2) is 26.0. The fraction of sp³-hybridized carbons (Fsp3) is 0.478. The summed E-state index contributed by atoms with van der Waals surface area (Å²) in [7, 11) is 0. The quantitative estimate of drug-likeness (QED) is 0.142. The number of hydrogen-bond donors (Lipinski definition) is 0. The molecule has 0 aliphatic heterocycles. The van der Waals surface area contributed by atoms with Crippen LogP contribution in [0.4, 0.5) is 0 Å². The molecule has 0 saturated carbocycles. The van der Waals surface area contributed by atoms with Crippen molar-refractivity contribution in [3.63, 3.8) is 0 Å². The van der Waals surface area contributed by atoms with Crippen LogP contribution < -0.4 is 0 Å². The zero-order chi connectivity index (χ0) is 53.5. The van der Waals surface area contributed by atoms with Crippen LogP contribution >= 0.6 is 0 Å². The van der Waals surface area contributed by atoms with Gasteiger partial charge in [-0.1, -0.05) is 274 Å². The van der Waals surface area contributed by atoms with Crippen LogP contribution in [0.5, 0.6) is 0 Å². The third-order valence-corrected chi connectivity index (χ3v) is 12.5. The first kappa shape index (κ1) is 62.3. The Kier molecular flexibility index (Phi) is 23.5. The van der Waals surface area contributed by atoms with Crippen LogP contribution in [-0.4, -0.2) is 0 Å². The van der Waals surface area contributed by atoms with E-state index in [1.165, 1.54) is 83.5 Å². The molecule has 6 rings (SSSR count). The lowest BCUT2D eigenvalue weighted by Gasteiger charge is -2.22. The van der Waals surface area contributed by atoms with Crippen LogP contribution in [0.1, 0.15) is 208 Å². The van der Waals surface area contributed by atoms with E-state index in [9.17, 15) is 0 Å². The third kappa shape index (κ3) is 23.2. The first-order valence-electron chi connectivity index (χ1n) is 25.7. The summed E-state index contributed by atoms with van der Waals surface area (Å²) in [5.41, 5.74) is 22.6. The van der Waals surface area contributed by atoms with Crippen LogP contribution in [0.25, 0.3) is 0 Å². The van der Waals surface area contributed by atoms with Crippen LogP contribution in [0, 0.1) is 62.3 Å². The van der Waals surface area contributed by atoms with E-state index in [2.05, 4.69) is 314 Å². The van der Waals surface area contributed by atoms with Gasteiger partial charge < -0.3 is 0 Å². The summed E-state index contributed by atoms with van der Waals surface area (Å²) >= 11 is 0. The van der Waals surface area contributed by atoms with Crippen LogP contribution in [0.15, 0.2) is 127 Å². The lowest BCUT2D eigenvalue weighted by Crippen LogP contribution is -2.13. The molecule has 0 nitrogen and oxygen atoms in total. The molecular weight excluding hydrogens is 829 g/mol. The predicted molar refractivity (Wildman–Crippen MR) is 313 cm³/mol. The van der Waals surface area contributed by atoms with Gasteiger partial charge in [-0.15, -0.1) is 0 Å². The normalized spacial score (nSPS) is 11.7. The Morgan fingerprint density at radius 2 is 0.580 bits per heavy atom. The molecule has 0 spiro atoms. The Hall–Kier alpha value is -4.68. The first-order valence-corrected chi connectivity index (χ1v) is 25.7. The maximum atomic E-state index is 2.29. The lowest BCUT2D eigenvalue weighted by atomic mass is 9.83. The number of hydrogen-bond acceptors (Lipinski definition) is 0. The van der Waals surface area contributed by atoms with Gasteiger partial charge in [0.2, 0.25) is 0 Å². The Morgan fingerprint density at radius 3 is 0.971 bits per heavy atom. The van der Waals surface area contributed by atoms with Gasteiger partial charge in [-0.3, -0.25) is 0 Å². The monoisotopic (exact) mass is 931 g/mol. The Morgan fingerprint density at radius 1 is 0.203 bits per heavy atom. The minimum Gasteiger partial charge on any atom is -0.0620 e. The summed E-state index contributed by atoms with van der Waals surface area (Å²) in [6, 6.07) is 46.1. The van der Waals surface area contributed by atoms with Gasteiger partial charge in [0.05, 0.1) is 0 Å². The predicted octanol–water partition coefficient (Wildman–Crippen LogP) is 20.7. The van der Waals surface area contributed by atoms with Crippen molar-refractivity contribution in [2.75, 3.05) is 0 Å². The molecule has 0 heteroatoms. The molecule has 0 unspecified atom stereocenters. The molecule has 0 saturated heterocycles. The largest absolute Gasteiger partial charge is 0.0620 e. The fourth-order valence-electron chi connectivity index (χ4n) is 7.99. The maximum Gasteiger partial charge on any atom is -0.0129 e. The van der Waals surface area contributed by atoms with Crippen molar-refractivity contribution < 1.29 is 0 Å². The molecule has 0 heterocycles. The summed E-state index contributed by atoms with van der Waals surface area (Å²) in [4.78, 5) is 0. The number of rotatable bonds is 0. The van der Waals surface area contributed by atoms with Gasteiger partial charge >= 0.3 is 0 Å². The van der Waals surface area contributed by atoms with Gasteiger partial charge in [0.15, 0.2) is 0 Å². The van der Waals surface area contributed by atoms with Crippen LogP contribution in [0.2, 0.25) is 0 Å². The van der Waals surface area contributed by atoms with E-state index in [-0.39, 0.29) is 32.5 Å². The highest BCUT2D eigenvalue weighted by molar-refractivity contribution is 5.37. The number of benzene rings is 6. The van der Waals surface area contributed by atoms with Crippen molar-refractivity contribution >= 4 is 0 Å². The Bertz CT molecular complexity index is 2440. The standard InChI is InChI=1S/3C12H18.3C11H16/c1-9-6-7-11(8-10(9)2)12(3,4)5;1-9-6-7-11(10(2)8-9)12(3,4)5;1-9-6-7-10(2)11(8-9)12(3,4)5;1-9-5-7-10(8-6-9)11(2,3)4;1-9-6-5-7-10(8-9)11(2,3)4;1-9-7-5-6-8-10(9)11(2,3)4/h3*6-8H,1-5H3;3*5-8H,1-4H3. The molecule has 0 aliphatic rings. The van der Waals surface area contributed by atoms with E-state index in [1.807, 2.05) is 0 Å². The minimum atomic E-state index is 0.274. The molecule has 6 aromatic carbocycles. The molecular formula is C69H102. The molecule has 0 atom stereocenters. The highest BCUT2D eigenvalue weighted by Gasteiger charge is 2.18. The highest BCUT2D eigenvalue weighted by atomic mass is 14.2. The van der Waals surface area contributed by atoms with E-state index in [0.29, 0.717) is 0 Å². The van der Waals surface area contributed by atoms with E-state index in [0.717, 1.165) is 0 Å². The zero-order valence-corrected chi connectivity index (χ0v) is 49.6. The zero-order valence-electron chi connectivity index (χ0n) is 49.6. The van der Waals surface area contributed by atoms with Gasteiger partial charge in [0, 0.05) is 0 Å². The van der Waals surface area contributed by atoms with Crippen molar-refractivity contribution in [3.8, 4) is 0 Å². The van der Waals surface area contributed by atoms with Gasteiger partial charge in [0.25, 0.3) is 0 Å². The Balaban J connectivity index is 0.000000414. The molecule has 0 aliphatic carbocycles. The van der Waals surface area contributed by atoms with E-state index in [4.69, 9.17) is 0 Å². The molecule has 378 valence electrons. The van der Waals surface area contributed by atoms with Crippen molar-refractivity contribution in [1.82, 2.24) is 0 Å². The first-order chi connectivity index (χ1) is 31.2. The molecule has 0 amide bonds. The molecule has 0 fully saturated rings. The summed E-state index contributed by atoms with van der Waals surface area (Å²) in [6.07, 6.45) is 0. The van der Waals surface area contributed by atoms with Gasteiger partial charge in [0.1, 0.15) is 0 Å². The van der Waals surface area contributed by atoms with E-state index < -0.39 is 0 Å². The van der Waals surface area contributed by atoms with Gasteiger partial charge in [-0.05, 0) is 156 Å². The highest BCUT2D eigenvalue weighted by Crippen LogP contribution is 2.29. The molecule has 0 N–H and O–H groups in total. The molecule has 0 bridgehead atoms. The number of aryl methyl sites for hydroxylation is 9. The second-order valence-corrected chi connectivity index (χ2v) is 26.0. The van der Waals surface area contributed by atoms with Gasteiger partial charge in [-0.25, -0.2) is 0 Å². The third-order valence-electron chi connectivity index (χ3n) is 12.5. The fourth-order valence-corrected chi connectivity index (χ4v) is 7.99. The van der Waals surface area contributed by atoms with Crippen molar-refractivity contribution in [2.24, 2.45) is 0 Å². The summed E-state index contributed by atoms with van der Waals surface area (Å²) < 4.78 is 0. The topological polar surface area (TPSA) is 0 Å². The van der Waals surface area contributed by atoms with E-state index >= 15 is 0 Å². The average molecular weight is 932 g/mol. The summed E-state index contributed by atoms with van der Waals surface area (Å²) in [6.45, 7) is 59.8. The molecule has 6 aromatic rings. The lowest BCUT2D eigenvalue weighted by molar-refractivity contribution is 0.585. The van der Waals surface area contributed by atoms with Crippen molar-refractivity contribution in [3.05, 3.63) is 211 Å². The van der Waals surface area contributed by atoms with E-state index in [1.54, 1.807) is 0 Å². The molecule has 0 radical (unpaired) electrons. The molecule has 69 heavy (non-hydrogen) atoms. The summed E-state index contributed by atoms with van der Waals surface area (Å²) in [5.74, 6) is 0. The van der Waals surface area contributed by atoms with Crippen LogP contribution in [-0.2, 0) is 32.5 Å².